The molecule has 1 radical (unpaired) electrons. The molecule has 0 N–H and O–H groups in total. The van der Waals surface area contributed by atoms with E-state index in [1.54, 1.807) is 0 Å². The van der Waals surface area contributed by atoms with Crippen LogP contribution < -0.4 is 0 Å². The zero-order valence-electron chi connectivity index (χ0n) is 10.8. The van der Waals surface area contributed by atoms with Crippen molar-refractivity contribution in [2.45, 2.75) is 65.7 Å². The molecule has 0 aromatic heterocycles. The highest BCUT2D eigenvalue weighted by atomic mass is 14.4. The first-order valence-corrected chi connectivity index (χ1v) is 7.01. The fraction of sp³-hybridized carbons (Fsp3) is 0.933. The van der Waals surface area contributed by atoms with E-state index in [4.69, 9.17) is 0 Å². The Morgan fingerprint density at radius 3 is 2.07 bits per heavy atom. The lowest BCUT2D eigenvalue weighted by atomic mass is 9.67. The zero-order valence-corrected chi connectivity index (χ0v) is 10.8. The van der Waals surface area contributed by atoms with Crippen molar-refractivity contribution < 1.29 is 0 Å². The molecule has 2 aliphatic rings. The molecule has 0 bridgehead atoms. The first kappa shape index (κ1) is 11.5. The van der Waals surface area contributed by atoms with Gasteiger partial charge in [-0.05, 0) is 61.7 Å². The topological polar surface area (TPSA) is 0 Å². The van der Waals surface area contributed by atoms with Crippen molar-refractivity contribution in [3.63, 3.8) is 0 Å². The van der Waals surface area contributed by atoms with Gasteiger partial charge in [0.1, 0.15) is 0 Å². The minimum atomic E-state index is 0.952. The van der Waals surface area contributed by atoms with Crippen LogP contribution in [0.15, 0.2) is 0 Å². The van der Waals surface area contributed by atoms with Gasteiger partial charge in [0.05, 0.1) is 0 Å². The third kappa shape index (κ3) is 2.77. The van der Waals surface area contributed by atoms with Crippen LogP contribution >= 0.6 is 0 Å². The number of hydrogen-bond acceptors (Lipinski definition) is 0. The molecule has 0 heteroatoms. The van der Waals surface area contributed by atoms with Crippen LogP contribution in [0.2, 0.25) is 0 Å². The van der Waals surface area contributed by atoms with Crippen molar-refractivity contribution in [3.05, 3.63) is 5.92 Å². The Hall–Kier alpha value is 0. The van der Waals surface area contributed by atoms with Crippen molar-refractivity contribution in [2.24, 2.45) is 23.7 Å². The molecule has 0 aliphatic heterocycles. The molecular formula is C15H27. The van der Waals surface area contributed by atoms with E-state index in [1.807, 2.05) is 5.92 Å². The van der Waals surface area contributed by atoms with Gasteiger partial charge in [-0.25, -0.2) is 0 Å². The largest absolute Gasteiger partial charge is 0.0625 e. The first-order valence-electron chi connectivity index (χ1n) is 7.01. The van der Waals surface area contributed by atoms with Gasteiger partial charge in [0.2, 0.25) is 0 Å². The summed E-state index contributed by atoms with van der Waals surface area (Å²) in [6.45, 7) is 7.31. The molecule has 2 aliphatic carbocycles. The Labute approximate surface area is 95.8 Å². The Morgan fingerprint density at radius 1 is 0.800 bits per heavy atom. The quantitative estimate of drug-likeness (QED) is 0.577. The molecule has 0 spiro atoms. The van der Waals surface area contributed by atoms with Gasteiger partial charge in [0.25, 0.3) is 0 Å². The SMILES string of the molecule is CC1CCC([C]2CC[C@H](C)[C@@H](C)C2)CC1. The van der Waals surface area contributed by atoms with Gasteiger partial charge in [0.15, 0.2) is 0 Å². The molecule has 0 aromatic carbocycles. The predicted molar refractivity (Wildman–Crippen MR) is 66.5 cm³/mol. The molecular weight excluding hydrogens is 180 g/mol. The van der Waals surface area contributed by atoms with Crippen LogP contribution in [0.5, 0.6) is 0 Å². The average molecular weight is 207 g/mol. The van der Waals surface area contributed by atoms with Crippen LogP contribution in [0.3, 0.4) is 0 Å². The molecule has 15 heavy (non-hydrogen) atoms. The summed E-state index contributed by atoms with van der Waals surface area (Å²) in [6, 6.07) is 0. The molecule has 0 unspecified atom stereocenters. The summed E-state index contributed by atoms with van der Waals surface area (Å²) < 4.78 is 0. The first-order chi connectivity index (χ1) is 7.16. The van der Waals surface area contributed by atoms with Crippen molar-refractivity contribution in [1.29, 1.82) is 0 Å². The van der Waals surface area contributed by atoms with Gasteiger partial charge >= 0.3 is 0 Å². The summed E-state index contributed by atoms with van der Waals surface area (Å²) in [6.07, 6.45) is 10.3. The van der Waals surface area contributed by atoms with E-state index >= 15 is 0 Å². The van der Waals surface area contributed by atoms with Crippen LogP contribution in [0.1, 0.15) is 65.7 Å². The predicted octanol–water partition coefficient (Wildman–Crippen LogP) is 4.84. The Bertz CT molecular complexity index is 188. The van der Waals surface area contributed by atoms with Gasteiger partial charge in [-0.2, -0.15) is 0 Å². The molecule has 0 aromatic rings. The fourth-order valence-electron chi connectivity index (χ4n) is 3.45. The molecule has 2 rings (SSSR count). The molecule has 0 amide bonds. The van der Waals surface area contributed by atoms with E-state index < -0.39 is 0 Å². The third-order valence-corrected chi connectivity index (χ3v) is 5.07. The highest BCUT2D eigenvalue weighted by Gasteiger charge is 2.32. The second-order valence-electron chi connectivity index (χ2n) is 6.31. The Balaban J connectivity index is 1.84. The van der Waals surface area contributed by atoms with E-state index in [0.717, 1.165) is 23.7 Å². The average Bonchev–Trinajstić information content (AvgIpc) is 2.23. The minimum absolute atomic E-state index is 0.952. The summed E-state index contributed by atoms with van der Waals surface area (Å²) in [5, 5.41) is 0. The van der Waals surface area contributed by atoms with Crippen LogP contribution in [0.4, 0.5) is 0 Å². The lowest BCUT2D eigenvalue weighted by molar-refractivity contribution is 0.221. The summed E-state index contributed by atoms with van der Waals surface area (Å²) in [4.78, 5) is 0. The van der Waals surface area contributed by atoms with Gasteiger partial charge in [-0.15, -0.1) is 0 Å². The molecule has 0 heterocycles. The summed E-state index contributed by atoms with van der Waals surface area (Å²) in [5.41, 5.74) is 0. The maximum atomic E-state index is 2.45. The molecule has 0 saturated heterocycles. The van der Waals surface area contributed by atoms with Gasteiger partial charge < -0.3 is 0 Å². The number of rotatable bonds is 1. The molecule has 2 atom stereocenters. The van der Waals surface area contributed by atoms with Gasteiger partial charge in [-0.3, -0.25) is 0 Å². The normalized spacial score (nSPS) is 44.2. The van der Waals surface area contributed by atoms with E-state index in [0.29, 0.717) is 0 Å². The van der Waals surface area contributed by atoms with Crippen molar-refractivity contribution >= 4 is 0 Å². The standard InChI is InChI=1S/C15H27/c1-11-4-7-14(8-5-11)15-9-6-12(2)13(3)10-15/h11-14H,4-10H2,1-3H3/t11?,12-,13-,14?/m0/s1. The van der Waals surface area contributed by atoms with E-state index in [1.165, 1.54) is 44.9 Å². The molecule has 2 fully saturated rings. The highest BCUT2D eigenvalue weighted by molar-refractivity contribution is 5.02. The zero-order chi connectivity index (χ0) is 10.8. The second-order valence-corrected chi connectivity index (χ2v) is 6.31. The molecule has 87 valence electrons. The van der Waals surface area contributed by atoms with Crippen molar-refractivity contribution in [1.82, 2.24) is 0 Å². The van der Waals surface area contributed by atoms with Gasteiger partial charge in [0, 0.05) is 0 Å². The highest BCUT2D eigenvalue weighted by Crippen LogP contribution is 2.44. The van der Waals surface area contributed by atoms with E-state index in [-0.39, 0.29) is 0 Å². The van der Waals surface area contributed by atoms with E-state index in [9.17, 15) is 0 Å². The minimum Gasteiger partial charge on any atom is -0.0625 e. The monoisotopic (exact) mass is 207 g/mol. The fourth-order valence-corrected chi connectivity index (χ4v) is 3.45. The summed E-state index contributed by atoms with van der Waals surface area (Å²) in [7, 11) is 0. The lowest BCUT2D eigenvalue weighted by Crippen LogP contribution is -2.27. The second kappa shape index (κ2) is 4.89. The van der Waals surface area contributed by atoms with Gasteiger partial charge in [-0.1, -0.05) is 33.6 Å². The van der Waals surface area contributed by atoms with Crippen molar-refractivity contribution in [2.75, 3.05) is 0 Å². The van der Waals surface area contributed by atoms with Crippen LogP contribution in [-0.4, -0.2) is 0 Å². The van der Waals surface area contributed by atoms with Crippen LogP contribution in [0, 0.1) is 29.6 Å². The van der Waals surface area contributed by atoms with Crippen LogP contribution in [0.25, 0.3) is 0 Å². The summed E-state index contributed by atoms with van der Waals surface area (Å²) >= 11 is 0. The lowest BCUT2D eigenvalue weighted by Gasteiger charge is -2.39. The Morgan fingerprint density at radius 2 is 1.47 bits per heavy atom. The molecule has 0 nitrogen and oxygen atoms in total. The van der Waals surface area contributed by atoms with E-state index in [2.05, 4.69) is 20.8 Å². The summed E-state index contributed by atoms with van der Waals surface area (Å²) in [5.74, 6) is 5.87. The van der Waals surface area contributed by atoms with Crippen LogP contribution in [-0.2, 0) is 0 Å². The maximum Gasteiger partial charge on any atom is -0.0207 e. The molecule has 2 saturated carbocycles. The third-order valence-electron chi connectivity index (χ3n) is 5.07. The Kier molecular flexibility index (Phi) is 3.74. The maximum absolute atomic E-state index is 2.45. The smallest absolute Gasteiger partial charge is 0.0207 e. The van der Waals surface area contributed by atoms with Crippen molar-refractivity contribution in [3.8, 4) is 0 Å². The number of hydrogen-bond donors (Lipinski definition) is 0.